The van der Waals surface area contributed by atoms with Gasteiger partial charge in [0.25, 0.3) is 15.9 Å². The zero-order chi connectivity index (χ0) is 17.7. The van der Waals surface area contributed by atoms with Crippen molar-refractivity contribution in [2.75, 3.05) is 17.9 Å². The van der Waals surface area contributed by atoms with Crippen LogP contribution in [0.4, 0.5) is 5.88 Å². The van der Waals surface area contributed by atoms with Gasteiger partial charge in [-0.05, 0) is 45.0 Å². The van der Waals surface area contributed by atoms with Crippen molar-refractivity contribution >= 4 is 21.9 Å². The van der Waals surface area contributed by atoms with Gasteiger partial charge in [0.1, 0.15) is 11.3 Å². The highest BCUT2D eigenvalue weighted by Crippen LogP contribution is 2.24. The number of hydrogen-bond donors (Lipinski definition) is 1. The summed E-state index contributed by atoms with van der Waals surface area (Å²) in [5.41, 5.74) is 0.184. The van der Waals surface area contributed by atoms with Gasteiger partial charge in [-0.25, -0.2) is 17.9 Å². The molecule has 0 spiro atoms. The zero-order valence-corrected chi connectivity index (χ0v) is 14.3. The molecule has 0 saturated heterocycles. The van der Waals surface area contributed by atoms with Crippen LogP contribution < -0.4 is 9.46 Å². The van der Waals surface area contributed by atoms with Crippen molar-refractivity contribution in [3.8, 4) is 5.75 Å². The summed E-state index contributed by atoms with van der Waals surface area (Å²) >= 11 is 0. The Morgan fingerprint density at radius 3 is 2.46 bits per heavy atom. The maximum atomic E-state index is 12.4. The molecule has 130 valence electrons. The second kappa shape index (κ2) is 7.35. The molecule has 2 rings (SSSR count). The molecule has 1 N–H and O–H groups in total. The first kappa shape index (κ1) is 17.8. The standard InChI is InChI=1S/C15H18N2O6S/c1-4-21-11-6-8-12(9-7-11)24(19,20)17-14-13(10(3)16-23-14)15(18)22-5-2/h6-9,17H,4-5H2,1-3H3. The third kappa shape index (κ3) is 3.85. The molecule has 8 nitrogen and oxygen atoms in total. The third-order valence-corrected chi connectivity index (χ3v) is 4.36. The van der Waals surface area contributed by atoms with E-state index < -0.39 is 16.0 Å². The summed E-state index contributed by atoms with van der Waals surface area (Å²) in [6, 6.07) is 5.85. The van der Waals surface area contributed by atoms with Crippen molar-refractivity contribution in [3.05, 3.63) is 35.5 Å². The number of anilines is 1. The Balaban J connectivity index is 2.28. The predicted molar refractivity (Wildman–Crippen MR) is 85.6 cm³/mol. The van der Waals surface area contributed by atoms with Crippen LogP contribution in [0.1, 0.15) is 29.9 Å². The van der Waals surface area contributed by atoms with Crippen LogP contribution in [0.5, 0.6) is 5.75 Å². The van der Waals surface area contributed by atoms with Gasteiger partial charge in [0.2, 0.25) is 0 Å². The van der Waals surface area contributed by atoms with Crippen LogP contribution in [0.25, 0.3) is 0 Å². The number of benzene rings is 1. The van der Waals surface area contributed by atoms with Crippen LogP contribution in [-0.4, -0.2) is 32.8 Å². The fourth-order valence-corrected chi connectivity index (χ4v) is 2.94. The quantitative estimate of drug-likeness (QED) is 0.760. The number of esters is 1. The summed E-state index contributed by atoms with van der Waals surface area (Å²) in [5.74, 6) is -0.431. The van der Waals surface area contributed by atoms with E-state index in [2.05, 4.69) is 9.88 Å². The van der Waals surface area contributed by atoms with E-state index in [9.17, 15) is 13.2 Å². The van der Waals surface area contributed by atoms with E-state index in [-0.39, 0.29) is 28.6 Å². The van der Waals surface area contributed by atoms with E-state index in [0.29, 0.717) is 12.4 Å². The van der Waals surface area contributed by atoms with Crippen LogP contribution in [0.15, 0.2) is 33.7 Å². The number of aromatic nitrogens is 1. The third-order valence-electron chi connectivity index (χ3n) is 3.01. The predicted octanol–water partition coefficient (Wildman–Crippen LogP) is 2.36. The minimum atomic E-state index is -3.95. The SMILES string of the molecule is CCOC(=O)c1c(C)noc1NS(=O)(=O)c1ccc(OCC)cc1. The second-order valence-electron chi connectivity index (χ2n) is 4.70. The lowest BCUT2D eigenvalue weighted by Gasteiger charge is -2.08. The largest absolute Gasteiger partial charge is 0.494 e. The summed E-state index contributed by atoms with van der Waals surface area (Å²) in [6.45, 7) is 5.61. The van der Waals surface area contributed by atoms with E-state index in [1.54, 1.807) is 6.92 Å². The summed E-state index contributed by atoms with van der Waals surface area (Å²) in [4.78, 5) is 11.9. The van der Waals surface area contributed by atoms with Crippen LogP contribution in [0, 0.1) is 6.92 Å². The number of aryl methyl sites for hydroxylation is 1. The Kier molecular flexibility index (Phi) is 5.45. The van der Waals surface area contributed by atoms with Gasteiger partial charge in [-0.1, -0.05) is 5.16 Å². The maximum Gasteiger partial charge on any atom is 0.345 e. The molecule has 0 aliphatic heterocycles. The van der Waals surface area contributed by atoms with Gasteiger partial charge < -0.3 is 14.0 Å². The molecule has 1 heterocycles. The first-order valence-electron chi connectivity index (χ1n) is 7.28. The van der Waals surface area contributed by atoms with Crippen LogP contribution >= 0.6 is 0 Å². The Morgan fingerprint density at radius 2 is 1.88 bits per heavy atom. The molecule has 0 fully saturated rings. The molecule has 0 radical (unpaired) electrons. The molecule has 0 bridgehead atoms. The molecule has 0 aliphatic carbocycles. The molecule has 1 aromatic carbocycles. The average molecular weight is 354 g/mol. The number of nitrogens with zero attached hydrogens (tertiary/aromatic N) is 1. The zero-order valence-electron chi connectivity index (χ0n) is 13.5. The number of nitrogens with one attached hydrogen (secondary N) is 1. The monoisotopic (exact) mass is 354 g/mol. The van der Waals surface area contributed by atoms with Crippen molar-refractivity contribution in [3.63, 3.8) is 0 Å². The normalized spacial score (nSPS) is 11.1. The molecule has 0 saturated carbocycles. The van der Waals surface area contributed by atoms with E-state index in [0.717, 1.165) is 0 Å². The topological polar surface area (TPSA) is 108 Å². The minimum absolute atomic E-state index is 0.00480. The van der Waals surface area contributed by atoms with Crippen molar-refractivity contribution in [1.82, 2.24) is 5.16 Å². The lowest BCUT2D eigenvalue weighted by atomic mass is 10.2. The van der Waals surface area contributed by atoms with Gasteiger partial charge >= 0.3 is 5.97 Å². The molecule has 9 heteroatoms. The van der Waals surface area contributed by atoms with Gasteiger partial charge in [-0.3, -0.25) is 0 Å². The molecular formula is C15H18N2O6S. The highest BCUT2D eigenvalue weighted by Gasteiger charge is 2.26. The number of hydrogen-bond acceptors (Lipinski definition) is 7. The number of rotatable bonds is 7. The van der Waals surface area contributed by atoms with Gasteiger partial charge in [0, 0.05) is 0 Å². The lowest BCUT2D eigenvalue weighted by Crippen LogP contribution is -2.16. The summed E-state index contributed by atoms with van der Waals surface area (Å²) in [5, 5.41) is 3.61. The van der Waals surface area contributed by atoms with Crippen molar-refractivity contribution < 1.29 is 27.2 Å². The van der Waals surface area contributed by atoms with E-state index >= 15 is 0 Å². The summed E-state index contributed by atoms with van der Waals surface area (Å²) in [6.07, 6.45) is 0. The average Bonchev–Trinajstić information content (AvgIpc) is 2.88. The molecule has 0 amide bonds. The fraction of sp³-hybridized carbons (Fsp3) is 0.333. The van der Waals surface area contributed by atoms with Crippen LogP contribution in [-0.2, 0) is 14.8 Å². The highest BCUT2D eigenvalue weighted by molar-refractivity contribution is 7.92. The van der Waals surface area contributed by atoms with Crippen molar-refractivity contribution in [2.45, 2.75) is 25.7 Å². The molecule has 1 aromatic heterocycles. The van der Waals surface area contributed by atoms with E-state index in [4.69, 9.17) is 14.0 Å². The maximum absolute atomic E-state index is 12.4. The molecule has 24 heavy (non-hydrogen) atoms. The van der Waals surface area contributed by atoms with Gasteiger partial charge in [0.05, 0.1) is 23.8 Å². The van der Waals surface area contributed by atoms with E-state index in [1.807, 2.05) is 6.92 Å². The fourth-order valence-electron chi connectivity index (χ4n) is 1.95. The first-order chi connectivity index (χ1) is 11.4. The number of ether oxygens (including phenoxy) is 2. The van der Waals surface area contributed by atoms with Crippen molar-refractivity contribution in [2.24, 2.45) is 0 Å². The second-order valence-corrected chi connectivity index (χ2v) is 6.38. The Bertz CT molecular complexity index is 811. The van der Waals surface area contributed by atoms with Gasteiger partial charge in [0.15, 0.2) is 0 Å². The number of carbonyl (C=O) groups excluding carboxylic acids is 1. The van der Waals surface area contributed by atoms with E-state index in [1.165, 1.54) is 31.2 Å². The molecule has 2 aromatic rings. The smallest absolute Gasteiger partial charge is 0.345 e. The summed E-state index contributed by atoms with van der Waals surface area (Å²) in [7, 11) is -3.95. The number of carbonyl (C=O) groups is 1. The molecule has 0 aliphatic rings. The first-order valence-corrected chi connectivity index (χ1v) is 8.76. The molecule has 0 atom stereocenters. The van der Waals surface area contributed by atoms with Crippen LogP contribution in [0.3, 0.4) is 0 Å². The Morgan fingerprint density at radius 1 is 1.21 bits per heavy atom. The van der Waals surface area contributed by atoms with Gasteiger partial charge in [-0.15, -0.1) is 0 Å². The molecular weight excluding hydrogens is 336 g/mol. The minimum Gasteiger partial charge on any atom is -0.494 e. The lowest BCUT2D eigenvalue weighted by molar-refractivity contribution is 0.0526. The van der Waals surface area contributed by atoms with Crippen molar-refractivity contribution in [1.29, 1.82) is 0 Å². The highest BCUT2D eigenvalue weighted by atomic mass is 32.2. The van der Waals surface area contributed by atoms with Gasteiger partial charge in [-0.2, -0.15) is 0 Å². The number of sulfonamides is 1. The molecule has 0 unspecified atom stereocenters. The Hall–Kier alpha value is -2.55. The van der Waals surface area contributed by atoms with Crippen LogP contribution in [0.2, 0.25) is 0 Å². The summed E-state index contributed by atoms with van der Waals surface area (Å²) < 4.78 is 42.1. The Labute approximate surface area is 139 Å².